The number of benzene rings is 8. The first-order chi connectivity index (χ1) is 28.2. The Balaban J connectivity index is 1.28. The molecule has 0 saturated carbocycles. The van der Waals surface area contributed by atoms with Gasteiger partial charge in [0.1, 0.15) is 0 Å². The molecule has 0 bridgehead atoms. The fourth-order valence-electron chi connectivity index (χ4n) is 9.00. The van der Waals surface area contributed by atoms with Crippen molar-refractivity contribution < 1.29 is 0 Å². The standard InChI is InChI=1S/C53H46BN3Si/c1-37-21-26-44(27-22-37)56-49-32-23-38(2)33-48(49)54-47-31-28-45(55(41-15-9-6-10-16-41)42-17-11-7-12-18-42)36-50(47)57(43-19-13-8-14-20-43)52-35-40(34-51(56)53(52)54)39-24-29-46(30-25-39)58(3,4)5/h6-36H,1-5H3. The van der Waals surface area contributed by atoms with Crippen LogP contribution in [-0.4, -0.2) is 14.8 Å². The molecule has 2 aliphatic heterocycles. The zero-order chi connectivity index (χ0) is 39.5. The Kier molecular flexibility index (Phi) is 8.72. The lowest BCUT2D eigenvalue weighted by atomic mass is 9.33. The van der Waals surface area contributed by atoms with Crippen molar-refractivity contribution in [1.29, 1.82) is 0 Å². The molecule has 2 heterocycles. The van der Waals surface area contributed by atoms with Crippen molar-refractivity contribution >= 4 is 87.5 Å². The predicted octanol–water partition coefficient (Wildman–Crippen LogP) is 12.1. The molecule has 10 rings (SSSR count). The Morgan fingerprint density at radius 1 is 0.414 bits per heavy atom. The molecule has 0 amide bonds. The van der Waals surface area contributed by atoms with Crippen LogP contribution in [0.2, 0.25) is 19.6 Å². The first kappa shape index (κ1) is 35.8. The SMILES string of the molecule is Cc1ccc(N2c3ccc(C)cc3B3c4ccc(N(c5ccccc5)c5ccccc5)cc4N(c4ccccc4)c4cc(-c5ccc([Si](C)(C)C)cc5)cc2c43)cc1. The fraction of sp³-hybridized carbons (Fsp3) is 0.0943. The summed E-state index contributed by atoms with van der Waals surface area (Å²) in [7, 11) is -1.48. The van der Waals surface area contributed by atoms with Crippen LogP contribution in [0.25, 0.3) is 11.1 Å². The molecule has 0 unspecified atom stereocenters. The Morgan fingerprint density at radius 2 is 0.966 bits per heavy atom. The topological polar surface area (TPSA) is 9.72 Å². The Labute approximate surface area is 344 Å². The molecular formula is C53H46BN3Si. The number of fused-ring (bicyclic) bond motifs is 4. The fourth-order valence-corrected chi connectivity index (χ4v) is 10.2. The van der Waals surface area contributed by atoms with Gasteiger partial charge in [0.2, 0.25) is 0 Å². The van der Waals surface area contributed by atoms with Gasteiger partial charge in [-0.3, -0.25) is 0 Å². The van der Waals surface area contributed by atoms with Crippen molar-refractivity contribution in [2.24, 2.45) is 0 Å². The van der Waals surface area contributed by atoms with Gasteiger partial charge >= 0.3 is 0 Å². The van der Waals surface area contributed by atoms with Crippen LogP contribution in [-0.2, 0) is 0 Å². The van der Waals surface area contributed by atoms with E-state index < -0.39 is 8.07 Å². The summed E-state index contributed by atoms with van der Waals surface area (Å²) in [4.78, 5) is 7.41. The summed E-state index contributed by atoms with van der Waals surface area (Å²) in [5, 5.41) is 1.47. The van der Waals surface area contributed by atoms with E-state index in [9.17, 15) is 0 Å². The molecule has 0 fully saturated rings. The Morgan fingerprint density at radius 3 is 1.57 bits per heavy atom. The van der Waals surface area contributed by atoms with Gasteiger partial charge in [-0.05, 0) is 120 Å². The summed E-state index contributed by atoms with van der Waals surface area (Å²) in [5.74, 6) is 0. The van der Waals surface area contributed by atoms with Crippen LogP contribution in [0.4, 0.5) is 51.2 Å². The lowest BCUT2D eigenvalue weighted by Gasteiger charge is -2.45. The highest BCUT2D eigenvalue weighted by Crippen LogP contribution is 2.47. The quantitative estimate of drug-likeness (QED) is 0.150. The van der Waals surface area contributed by atoms with Gasteiger partial charge in [0.05, 0.1) is 8.07 Å². The Hall–Kier alpha value is -6.56. The van der Waals surface area contributed by atoms with Crippen molar-refractivity contribution in [1.82, 2.24) is 0 Å². The van der Waals surface area contributed by atoms with Crippen LogP contribution in [0.5, 0.6) is 0 Å². The lowest BCUT2D eigenvalue weighted by Crippen LogP contribution is -2.61. The van der Waals surface area contributed by atoms with Crippen molar-refractivity contribution in [2.75, 3.05) is 14.7 Å². The number of anilines is 9. The molecule has 8 aromatic rings. The molecule has 2 aliphatic rings. The number of hydrogen-bond acceptors (Lipinski definition) is 3. The summed E-state index contributed by atoms with van der Waals surface area (Å²) >= 11 is 0. The summed E-state index contributed by atoms with van der Waals surface area (Å²) in [5.41, 5.74) is 19.4. The van der Waals surface area contributed by atoms with Gasteiger partial charge in [-0.15, -0.1) is 0 Å². The van der Waals surface area contributed by atoms with E-state index in [1.165, 1.54) is 66.6 Å². The van der Waals surface area contributed by atoms with E-state index in [1.54, 1.807) is 0 Å². The molecule has 3 nitrogen and oxygen atoms in total. The van der Waals surface area contributed by atoms with Crippen molar-refractivity contribution in [3.8, 4) is 11.1 Å². The summed E-state index contributed by atoms with van der Waals surface area (Å²) in [6.07, 6.45) is 0. The minimum Gasteiger partial charge on any atom is -0.311 e. The van der Waals surface area contributed by atoms with Gasteiger partial charge in [0.15, 0.2) is 0 Å². The van der Waals surface area contributed by atoms with E-state index in [0.717, 1.165) is 28.4 Å². The van der Waals surface area contributed by atoms with E-state index in [2.05, 4.69) is 236 Å². The third kappa shape index (κ3) is 6.14. The molecule has 58 heavy (non-hydrogen) atoms. The average molecular weight is 764 g/mol. The minimum absolute atomic E-state index is 0.0239. The van der Waals surface area contributed by atoms with E-state index in [4.69, 9.17) is 0 Å². The Bertz CT molecular complexity index is 2740. The largest absolute Gasteiger partial charge is 0.311 e. The molecule has 0 atom stereocenters. The molecule has 5 heteroatoms. The molecule has 8 aromatic carbocycles. The van der Waals surface area contributed by atoms with E-state index in [-0.39, 0.29) is 6.71 Å². The van der Waals surface area contributed by atoms with E-state index in [1.807, 2.05) is 0 Å². The zero-order valence-corrected chi connectivity index (χ0v) is 34.8. The maximum absolute atomic E-state index is 2.52. The van der Waals surface area contributed by atoms with Crippen LogP contribution >= 0.6 is 0 Å². The molecule has 280 valence electrons. The normalized spacial score (nSPS) is 12.8. The van der Waals surface area contributed by atoms with Gasteiger partial charge < -0.3 is 14.7 Å². The second-order valence-corrected chi connectivity index (χ2v) is 21.9. The highest BCUT2D eigenvalue weighted by Gasteiger charge is 2.44. The summed E-state index contributed by atoms with van der Waals surface area (Å²) in [6.45, 7) is 11.7. The second-order valence-electron chi connectivity index (χ2n) is 16.8. The number of aryl methyl sites for hydroxylation is 2. The van der Waals surface area contributed by atoms with Crippen LogP contribution in [0.3, 0.4) is 0 Å². The maximum atomic E-state index is 2.52. The maximum Gasteiger partial charge on any atom is 0.252 e. The van der Waals surface area contributed by atoms with Gasteiger partial charge in [0, 0.05) is 51.2 Å². The molecule has 0 N–H and O–H groups in total. The lowest BCUT2D eigenvalue weighted by molar-refractivity contribution is 1.24. The average Bonchev–Trinajstić information content (AvgIpc) is 3.25. The summed E-state index contributed by atoms with van der Waals surface area (Å²) in [6, 6.07) is 69.9. The highest BCUT2D eigenvalue weighted by atomic mass is 28.3. The van der Waals surface area contributed by atoms with Crippen LogP contribution in [0, 0.1) is 13.8 Å². The molecular weight excluding hydrogens is 718 g/mol. The van der Waals surface area contributed by atoms with Crippen LogP contribution < -0.4 is 36.3 Å². The number of hydrogen-bond donors (Lipinski definition) is 0. The van der Waals surface area contributed by atoms with Gasteiger partial charge in [-0.1, -0.05) is 145 Å². The van der Waals surface area contributed by atoms with Crippen molar-refractivity contribution in [3.63, 3.8) is 0 Å². The smallest absolute Gasteiger partial charge is 0.252 e. The van der Waals surface area contributed by atoms with E-state index in [0.29, 0.717) is 0 Å². The molecule has 0 radical (unpaired) electrons. The zero-order valence-electron chi connectivity index (χ0n) is 33.8. The van der Waals surface area contributed by atoms with Gasteiger partial charge in [-0.2, -0.15) is 0 Å². The predicted molar refractivity (Wildman–Crippen MR) is 253 cm³/mol. The monoisotopic (exact) mass is 763 g/mol. The van der Waals surface area contributed by atoms with Gasteiger partial charge in [0.25, 0.3) is 6.71 Å². The van der Waals surface area contributed by atoms with E-state index >= 15 is 0 Å². The summed E-state index contributed by atoms with van der Waals surface area (Å²) < 4.78 is 0. The third-order valence-corrected chi connectivity index (χ3v) is 14.0. The van der Waals surface area contributed by atoms with Crippen LogP contribution in [0.15, 0.2) is 188 Å². The van der Waals surface area contributed by atoms with Gasteiger partial charge in [-0.25, -0.2) is 0 Å². The first-order valence-corrected chi connectivity index (χ1v) is 23.9. The number of rotatable bonds is 7. The van der Waals surface area contributed by atoms with Crippen molar-refractivity contribution in [3.05, 3.63) is 199 Å². The highest BCUT2D eigenvalue weighted by molar-refractivity contribution is 7.00. The molecule has 0 saturated heterocycles. The third-order valence-electron chi connectivity index (χ3n) is 11.9. The molecule has 0 aromatic heterocycles. The van der Waals surface area contributed by atoms with Crippen LogP contribution in [0.1, 0.15) is 11.1 Å². The first-order valence-electron chi connectivity index (χ1n) is 20.4. The second kappa shape index (κ2) is 14.1. The molecule has 0 aliphatic carbocycles. The number of nitrogens with zero attached hydrogens (tertiary/aromatic N) is 3. The minimum atomic E-state index is -1.48. The van der Waals surface area contributed by atoms with Crippen molar-refractivity contribution in [2.45, 2.75) is 33.5 Å². The number of para-hydroxylation sites is 3. The molecule has 0 spiro atoms.